The van der Waals surface area contributed by atoms with Crippen molar-refractivity contribution in [2.45, 2.75) is 27.2 Å². The molecule has 0 aliphatic heterocycles. The van der Waals surface area contributed by atoms with E-state index in [4.69, 9.17) is 4.74 Å². The predicted molar refractivity (Wildman–Crippen MR) is 125 cm³/mol. The highest BCUT2D eigenvalue weighted by Crippen LogP contribution is 2.21. The number of aromatic amines is 1. The average Bonchev–Trinajstić information content (AvgIpc) is 3.20. The van der Waals surface area contributed by atoms with Crippen LogP contribution in [0.25, 0.3) is 16.6 Å². The van der Waals surface area contributed by atoms with Gasteiger partial charge in [-0.3, -0.25) is 9.59 Å². The number of methoxy groups -OCH3 is 1. The van der Waals surface area contributed by atoms with E-state index in [9.17, 15) is 9.59 Å². The number of aromatic nitrogens is 3. The molecule has 166 valence electrons. The van der Waals surface area contributed by atoms with Gasteiger partial charge in [-0.15, -0.1) is 0 Å². The zero-order valence-electron chi connectivity index (χ0n) is 18.9. The highest BCUT2D eigenvalue weighted by atomic mass is 16.5. The minimum absolute atomic E-state index is 0.0847. The van der Waals surface area contributed by atoms with Crippen molar-refractivity contribution in [3.05, 3.63) is 76.2 Å². The topological polar surface area (TPSA) is 79.7 Å². The molecule has 0 unspecified atom stereocenters. The first-order valence-electron chi connectivity index (χ1n) is 10.7. The largest absolute Gasteiger partial charge is 0.497 e. The summed E-state index contributed by atoms with van der Waals surface area (Å²) in [5, 5.41) is 4.95. The number of nitrogens with one attached hydrogen (secondary N) is 1. The number of carbonyl (C=O) groups excluding carboxylic acids is 1. The Labute approximate surface area is 186 Å². The lowest BCUT2D eigenvalue weighted by atomic mass is 9.95. The van der Waals surface area contributed by atoms with Crippen molar-refractivity contribution < 1.29 is 9.53 Å². The van der Waals surface area contributed by atoms with Crippen molar-refractivity contribution in [1.82, 2.24) is 19.5 Å². The molecule has 2 aromatic heterocycles. The number of carbonyl (C=O) groups is 1. The molecule has 32 heavy (non-hydrogen) atoms. The number of H-pyrrole nitrogens is 1. The van der Waals surface area contributed by atoms with Gasteiger partial charge in [0.1, 0.15) is 17.0 Å². The number of hydrogen-bond acceptors (Lipinski definition) is 4. The lowest BCUT2D eigenvalue weighted by molar-refractivity contribution is 0.0699. The first-order valence-corrected chi connectivity index (χ1v) is 10.7. The van der Waals surface area contributed by atoms with Gasteiger partial charge in [-0.25, -0.2) is 4.52 Å². The Kier molecular flexibility index (Phi) is 5.74. The third-order valence-corrected chi connectivity index (χ3v) is 5.39. The number of fused-ring (bicyclic) bond motifs is 3. The van der Waals surface area contributed by atoms with Crippen LogP contribution in [-0.2, 0) is 6.42 Å². The first-order chi connectivity index (χ1) is 15.3. The smallest absolute Gasteiger partial charge is 0.259 e. The van der Waals surface area contributed by atoms with Gasteiger partial charge in [0, 0.05) is 13.1 Å². The first kappa shape index (κ1) is 21.6. The number of hydrogen-bond donors (Lipinski definition) is 1. The van der Waals surface area contributed by atoms with Crippen LogP contribution in [0.4, 0.5) is 0 Å². The molecule has 7 nitrogen and oxygen atoms in total. The second kappa shape index (κ2) is 8.49. The van der Waals surface area contributed by atoms with E-state index < -0.39 is 0 Å². The van der Waals surface area contributed by atoms with Crippen molar-refractivity contribution >= 4 is 22.5 Å². The summed E-state index contributed by atoms with van der Waals surface area (Å²) < 4.78 is 6.85. The van der Waals surface area contributed by atoms with Crippen molar-refractivity contribution in [2.75, 3.05) is 20.2 Å². The van der Waals surface area contributed by atoms with E-state index in [2.05, 4.69) is 30.9 Å². The average molecular weight is 433 g/mol. The maximum atomic E-state index is 13.6. The summed E-state index contributed by atoms with van der Waals surface area (Å²) in [6.07, 6.45) is 2.26. The van der Waals surface area contributed by atoms with Gasteiger partial charge in [-0.05, 0) is 41.7 Å². The Morgan fingerprint density at radius 2 is 1.84 bits per heavy atom. The molecule has 0 fully saturated rings. The van der Waals surface area contributed by atoms with Crippen LogP contribution in [0.2, 0.25) is 0 Å². The van der Waals surface area contributed by atoms with E-state index in [1.165, 1.54) is 0 Å². The minimum atomic E-state index is -0.233. The van der Waals surface area contributed by atoms with Crippen LogP contribution >= 0.6 is 0 Å². The standard InChI is InChI=1S/C25H28N4O3/c1-25(2,3)16-28(14-13-17-9-11-18(32-4)12-10-17)24(31)20-15-26-29-21-8-6-5-7-19(21)23(30)27-22(20)29/h5-12,15H,13-14,16H2,1-4H3,(H,27,30). The number of ether oxygens (including phenoxy) is 1. The highest BCUT2D eigenvalue weighted by molar-refractivity contribution is 6.00. The highest BCUT2D eigenvalue weighted by Gasteiger charge is 2.25. The molecule has 4 rings (SSSR count). The monoisotopic (exact) mass is 432 g/mol. The molecule has 1 N–H and O–H groups in total. The van der Waals surface area contributed by atoms with Gasteiger partial charge in [0.05, 0.1) is 24.2 Å². The fourth-order valence-electron chi connectivity index (χ4n) is 3.88. The fourth-order valence-corrected chi connectivity index (χ4v) is 3.88. The van der Waals surface area contributed by atoms with Crippen molar-refractivity contribution in [3.63, 3.8) is 0 Å². The van der Waals surface area contributed by atoms with E-state index in [0.717, 1.165) is 11.3 Å². The molecule has 0 saturated heterocycles. The summed E-state index contributed by atoms with van der Waals surface area (Å²) in [5.41, 5.74) is 2.29. The van der Waals surface area contributed by atoms with E-state index in [0.29, 0.717) is 41.6 Å². The van der Waals surface area contributed by atoms with Crippen LogP contribution in [0.5, 0.6) is 5.75 Å². The van der Waals surface area contributed by atoms with Crippen LogP contribution in [0.15, 0.2) is 59.5 Å². The molecule has 0 spiro atoms. The maximum absolute atomic E-state index is 13.6. The molecule has 0 aliphatic rings. The fraction of sp³-hybridized carbons (Fsp3) is 0.320. The Balaban J connectivity index is 1.67. The van der Waals surface area contributed by atoms with Gasteiger partial charge in [-0.1, -0.05) is 45.0 Å². The normalized spacial score (nSPS) is 11.8. The molecule has 4 aromatic rings. The number of benzene rings is 2. The lowest BCUT2D eigenvalue weighted by Crippen LogP contribution is -2.39. The zero-order valence-corrected chi connectivity index (χ0v) is 18.9. The SMILES string of the molecule is COc1ccc(CCN(CC(C)(C)C)C(=O)c2cnn3c2[nH]c(=O)c2ccccc23)cc1. The third-order valence-electron chi connectivity index (χ3n) is 5.39. The van der Waals surface area contributed by atoms with Crippen LogP contribution in [0, 0.1) is 5.41 Å². The molecular weight excluding hydrogens is 404 g/mol. The molecule has 0 aliphatic carbocycles. The van der Waals surface area contributed by atoms with E-state index in [1.807, 2.05) is 47.4 Å². The molecule has 2 aromatic carbocycles. The quantitative estimate of drug-likeness (QED) is 0.501. The van der Waals surface area contributed by atoms with Crippen molar-refractivity contribution in [1.29, 1.82) is 0 Å². The summed E-state index contributed by atoms with van der Waals surface area (Å²) in [6, 6.07) is 15.1. The van der Waals surface area contributed by atoms with Gasteiger partial charge in [-0.2, -0.15) is 5.10 Å². The van der Waals surface area contributed by atoms with Crippen LogP contribution < -0.4 is 10.3 Å². The zero-order chi connectivity index (χ0) is 22.9. The molecule has 0 radical (unpaired) electrons. The summed E-state index contributed by atoms with van der Waals surface area (Å²) >= 11 is 0. The van der Waals surface area contributed by atoms with Gasteiger partial charge in [0.2, 0.25) is 0 Å². The second-order valence-electron chi connectivity index (χ2n) is 9.18. The van der Waals surface area contributed by atoms with Gasteiger partial charge < -0.3 is 14.6 Å². The summed E-state index contributed by atoms with van der Waals surface area (Å²) in [7, 11) is 1.64. The summed E-state index contributed by atoms with van der Waals surface area (Å²) in [6.45, 7) is 7.44. The maximum Gasteiger partial charge on any atom is 0.259 e. The molecule has 7 heteroatoms. The Hall–Kier alpha value is -3.61. The number of para-hydroxylation sites is 1. The van der Waals surface area contributed by atoms with Gasteiger partial charge >= 0.3 is 0 Å². The number of amides is 1. The van der Waals surface area contributed by atoms with Crippen LogP contribution in [0.1, 0.15) is 36.7 Å². The molecule has 1 amide bonds. The van der Waals surface area contributed by atoms with E-state index in [-0.39, 0.29) is 16.9 Å². The van der Waals surface area contributed by atoms with Crippen molar-refractivity contribution in [3.8, 4) is 5.75 Å². The van der Waals surface area contributed by atoms with E-state index in [1.54, 1.807) is 23.9 Å². The van der Waals surface area contributed by atoms with Crippen LogP contribution in [-0.4, -0.2) is 45.6 Å². The Morgan fingerprint density at radius 3 is 2.53 bits per heavy atom. The third kappa shape index (κ3) is 4.37. The van der Waals surface area contributed by atoms with Crippen LogP contribution in [0.3, 0.4) is 0 Å². The lowest BCUT2D eigenvalue weighted by Gasteiger charge is -2.30. The van der Waals surface area contributed by atoms with E-state index >= 15 is 0 Å². The molecule has 0 saturated carbocycles. The summed E-state index contributed by atoms with van der Waals surface area (Å²) in [5.74, 6) is 0.660. The molecular formula is C25H28N4O3. The summed E-state index contributed by atoms with van der Waals surface area (Å²) in [4.78, 5) is 30.9. The molecule has 0 atom stereocenters. The second-order valence-corrected chi connectivity index (χ2v) is 9.18. The number of rotatable bonds is 6. The Bertz CT molecular complexity index is 1310. The predicted octanol–water partition coefficient (Wildman–Crippen LogP) is 3.92. The molecule has 2 heterocycles. The van der Waals surface area contributed by atoms with Crippen molar-refractivity contribution in [2.24, 2.45) is 5.41 Å². The van der Waals surface area contributed by atoms with Gasteiger partial charge in [0.15, 0.2) is 0 Å². The number of nitrogens with zero attached hydrogens (tertiary/aromatic N) is 3. The minimum Gasteiger partial charge on any atom is -0.497 e. The molecule has 0 bridgehead atoms. The van der Waals surface area contributed by atoms with Gasteiger partial charge in [0.25, 0.3) is 11.5 Å². The Morgan fingerprint density at radius 1 is 1.12 bits per heavy atom.